The Morgan fingerprint density at radius 3 is 2.44 bits per heavy atom. The molecule has 0 saturated carbocycles. The minimum absolute atomic E-state index is 0.0208. The summed E-state index contributed by atoms with van der Waals surface area (Å²) in [5.74, 6) is -4.87. The standard InChI is InChI=1S/C23H20N2O9/c1-25-9-11(8-24-25)12(6-17(30)33-2)18-15(28)7-16(29)19-20(31)21(32)22(34-23(18)19)10-3-4-13(26)14(27)5-10/h3-5,7-9,12,26-29,32H,6H2,1-2H3/t12-/m0/s1. The number of methoxy groups -OCH3 is 1. The van der Waals surface area contributed by atoms with E-state index >= 15 is 0 Å². The Morgan fingerprint density at radius 1 is 1.09 bits per heavy atom. The maximum Gasteiger partial charge on any atom is 0.306 e. The van der Waals surface area contributed by atoms with Crippen LogP contribution in [0, 0.1) is 0 Å². The van der Waals surface area contributed by atoms with Crippen LogP contribution in [0.15, 0.2) is 45.9 Å². The zero-order chi connectivity index (χ0) is 24.7. The first-order valence-corrected chi connectivity index (χ1v) is 9.94. The lowest BCUT2D eigenvalue weighted by atomic mass is 9.88. The van der Waals surface area contributed by atoms with E-state index in [0.717, 1.165) is 18.2 Å². The third kappa shape index (κ3) is 3.72. The summed E-state index contributed by atoms with van der Waals surface area (Å²) in [5, 5.41) is 54.8. The van der Waals surface area contributed by atoms with Gasteiger partial charge in [-0.25, -0.2) is 0 Å². The first kappa shape index (κ1) is 22.5. The van der Waals surface area contributed by atoms with Crippen LogP contribution in [0.5, 0.6) is 28.7 Å². The number of benzene rings is 2. The quantitative estimate of drug-likeness (QED) is 0.216. The molecule has 0 amide bonds. The molecule has 176 valence electrons. The van der Waals surface area contributed by atoms with Gasteiger partial charge in [-0.15, -0.1) is 0 Å². The fourth-order valence-corrected chi connectivity index (χ4v) is 3.80. The van der Waals surface area contributed by atoms with Crippen LogP contribution in [0.1, 0.15) is 23.5 Å². The molecule has 2 aromatic heterocycles. The number of hydrogen-bond acceptors (Lipinski definition) is 10. The van der Waals surface area contributed by atoms with Crippen molar-refractivity contribution in [1.82, 2.24) is 9.78 Å². The maximum absolute atomic E-state index is 13.0. The molecule has 0 bridgehead atoms. The Bertz CT molecular complexity index is 1490. The molecular weight excluding hydrogens is 448 g/mol. The molecule has 11 heteroatoms. The van der Waals surface area contributed by atoms with E-state index in [-0.39, 0.29) is 28.9 Å². The van der Waals surface area contributed by atoms with Gasteiger partial charge in [-0.3, -0.25) is 14.3 Å². The van der Waals surface area contributed by atoms with Crippen LogP contribution in [-0.2, 0) is 16.6 Å². The third-order valence-corrected chi connectivity index (χ3v) is 5.45. The highest BCUT2D eigenvalue weighted by Gasteiger charge is 2.30. The van der Waals surface area contributed by atoms with E-state index < -0.39 is 51.4 Å². The smallest absolute Gasteiger partial charge is 0.306 e. The van der Waals surface area contributed by atoms with E-state index in [1.807, 2.05) is 0 Å². The molecule has 4 rings (SSSR count). The van der Waals surface area contributed by atoms with Crippen molar-refractivity contribution in [2.45, 2.75) is 12.3 Å². The van der Waals surface area contributed by atoms with Crippen LogP contribution in [0.3, 0.4) is 0 Å². The number of nitrogens with zero attached hydrogens (tertiary/aromatic N) is 2. The third-order valence-electron chi connectivity index (χ3n) is 5.45. The monoisotopic (exact) mass is 468 g/mol. The molecule has 1 atom stereocenters. The van der Waals surface area contributed by atoms with Gasteiger partial charge in [-0.05, 0) is 23.8 Å². The van der Waals surface area contributed by atoms with Crippen LogP contribution in [0.25, 0.3) is 22.3 Å². The summed E-state index contributed by atoms with van der Waals surface area (Å²) in [6, 6.07) is 4.40. The van der Waals surface area contributed by atoms with E-state index in [9.17, 15) is 35.1 Å². The zero-order valence-corrected chi connectivity index (χ0v) is 18.0. The highest BCUT2D eigenvalue weighted by molar-refractivity contribution is 5.92. The lowest BCUT2D eigenvalue weighted by Crippen LogP contribution is -2.12. The average Bonchev–Trinajstić information content (AvgIpc) is 3.22. The van der Waals surface area contributed by atoms with E-state index in [2.05, 4.69) is 5.10 Å². The van der Waals surface area contributed by atoms with Crippen molar-refractivity contribution in [2.75, 3.05) is 7.11 Å². The van der Waals surface area contributed by atoms with Crippen molar-refractivity contribution in [3.63, 3.8) is 0 Å². The van der Waals surface area contributed by atoms with Gasteiger partial charge in [-0.1, -0.05) is 0 Å². The topological polar surface area (TPSA) is 175 Å². The zero-order valence-electron chi connectivity index (χ0n) is 18.0. The number of carbonyl (C=O) groups excluding carboxylic acids is 1. The maximum atomic E-state index is 13.0. The van der Waals surface area contributed by atoms with Gasteiger partial charge in [0.2, 0.25) is 11.2 Å². The Balaban J connectivity index is 2.08. The van der Waals surface area contributed by atoms with Crippen molar-refractivity contribution >= 4 is 16.9 Å². The lowest BCUT2D eigenvalue weighted by molar-refractivity contribution is -0.140. The number of aromatic nitrogens is 2. The number of rotatable bonds is 5. The van der Waals surface area contributed by atoms with Gasteiger partial charge in [0, 0.05) is 36.4 Å². The van der Waals surface area contributed by atoms with Gasteiger partial charge < -0.3 is 34.7 Å². The highest BCUT2D eigenvalue weighted by Crippen LogP contribution is 2.44. The molecule has 0 aliphatic heterocycles. The fourth-order valence-electron chi connectivity index (χ4n) is 3.80. The number of aromatic hydroxyl groups is 5. The van der Waals surface area contributed by atoms with Crippen LogP contribution >= 0.6 is 0 Å². The SMILES string of the molecule is COC(=O)C[C@@H](c1cnn(C)c1)c1c(O)cc(O)c2c(=O)c(O)c(-c3ccc(O)c(O)c3)oc12. The first-order valence-electron chi connectivity index (χ1n) is 9.94. The summed E-state index contributed by atoms with van der Waals surface area (Å²) in [6.45, 7) is 0. The van der Waals surface area contributed by atoms with Gasteiger partial charge in [0.05, 0.1) is 19.7 Å². The molecule has 0 aliphatic rings. The molecule has 0 saturated heterocycles. The number of aryl methyl sites for hydroxylation is 1. The van der Waals surface area contributed by atoms with Crippen molar-refractivity contribution in [3.8, 4) is 40.1 Å². The minimum atomic E-state index is -1.01. The van der Waals surface area contributed by atoms with Gasteiger partial charge in [-0.2, -0.15) is 5.10 Å². The lowest BCUT2D eigenvalue weighted by Gasteiger charge is -2.19. The van der Waals surface area contributed by atoms with E-state index in [0.29, 0.717) is 5.56 Å². The van der Waals surface area contributed by atoms with Crippen LogP contribution in [0.4, 0.5) is 0 Å². The Morgan fingerprint density at radius 2 is 1.82 bits per heavy atom. The summed E-state index contributed by atoms with van der Waals surface area (Å²) in [4.78, 5) is 25.2. The largest absolute Gasteiger partial charge is 0.507 e. The van der Waals surface area contributed by atoms with Crippen LogP contribution in [0.2, 0.25) is 0 Å². The Kier molecular flexibility index (Phi) is 5.53. The number of carbonyl (C=O) groups is 1. The number of phenolic OH excluding ortho intramolecular Hbond substituents is 4. The number of fused-ring (bicyclic) bond motifs is 1. The molecule has 2 aromatic carbocycles. The average molecular weight is 468 g/mol. The predicted molar refractivity (Wildman–Crippen MR) is 118 cm³/mol. The van der Waals surface area contributed by atoms with Gasteiger partial charge in [0.15, 0.2) is 17.3 Å². The summed E-state index contributed by atoms with van der Waals surface area (Å²) >= 11 is 0. The van der Waals surface area contributed by atoms with E-state index in [1.54, 1.807) is 13.2 Å². The van der Waals surface area contributed by atoms with Crippen molar-refractivity contribution < 1.29 is 39.5 Å². The second-order valence-electron chi connectivity index (χ2n) is 7.63. The highest BCUT2D eigenvalue weighted by atomic mass is 16.5. The van der Waals surface area contributed by atoms with E-state index in [4.69, 9.17) is 9.15 Å². The normalized spacial score (nSPS) is 12.1. The molecule has 2 heterocycles. The summed E-state index contributed by atoms with van der Waals surface area (Å²) in [6.07, 6.45) is 2.79. The van der Waals surface area contributed by atoms with Crippen molar-refractivity contribution in [2.24, 2.45) is 7.05 Å². The molecule has 0 unspecified atom stereocenters. The molecule has 0 spiro atoms. The van der Waals surface area contributed by atoms with Gasteiger partial charge in [0.1, 0.15) is 22.5 Å². The summed E-state index contributed by atoms with van der Waals surface area (Å²) < 4.78 is 12.1. The molecule has 0 fully saturated rings. The predicted octanol–water partition coefficient (Wildman–Crippen LogP) is 2.42. The van der Waals surface area contributed by atoms with Crippen molar-refractivity contribution in [3.05, 3.63) is 58.0 Å². The van der Waals surface area contributed by atoms with Crippen molar-refractivity contribution in [1.29, 1.82) is 0 Å². The number of hydrogen-bond donors (Lipinski definition) is 5. The number of esters is 1. The fraction of sp³-hybridized carbons (Fsp3) is 0.174. The molecule has 34 heavy (non-hydrogen) atoms. The second kappa shape index (κ2) is 8.35. The summed E-state index contributed by atoms with van der Waals surface area (Å²) in [5.41, 5.74) is -0.806. The van der Waals surface area contributed by atoms with E-state index in [1.165, 1.54) is 24.1 Å². The molecule has 0 aliphatic carbocycles. The number of ether oxygens (including phenoxy) is 1. The Hall–Kier alpha value is -4.67. The number of phenols is 4. The molecule has 4 aromatic rings. The van der Waals surface area contributed by atoms with Crippen LogP contribution < -0.4 is 5.43 Å². The summed E-state index contributed by atoms with van der Waals surface area (Å²) in [7, 11) is 2.85. The second-order valence-corrected chi connectivity index (χ2v) is 7.63. The first-order chi connectivity index (χ1) is 16.1. The molecule has 0 radical (unpaired) electrons. The minimum Gasteiger partial charge on any atom is -0.507 e. The molecular formula is C23H20N2O9. The molecule has 5 N–H and O–H groups in total. The molecule has 11 nitrogen and oxygen atoms in total. The van der Waals surface area contributed by atoms with Gasteiger partial charge in [0.25, 0.3) is 0 Å². The van der Waals surface area contributed by atoms with Crippen LogP contribution in [-0.4, -0.2) is 48.4 Å². The Labute approximate surface area is 191 Å². The van der Waals surface area contributed by atoms with Gasteiger partial charge >= 0.3 is 5.97 Å².